The molecule has 1 aromatic heterocycles. The molecule has 0 amide bonds. The van der Waals surface area contributed by atoms with Crippen LogP contribution in [0.3, 0.4) is 0 Å². The van der Waals surface area contributed by atoms with Gasteiger partial charge < -0.3 is 4.90 Å². The summed E-state index contributed by atoms with van der Waals surface area (Å²) in [6, 6.07) is 10.2. The molecule has 1 N–H and O–H groups in total. The lowest BCUT2D eigenvalue weighted by Gasteiger charge is -2.14. The Morgan fingerprint density at radius 1 is 1.00 bits per heavy atom. The lowest BCUT2D eigenvalue weighted by Crippen LogP contribution is -3.11. The van der Waals surface area contributed by atoms with Crippen molar-refractivity contribution in [2.24, 2.45) is 0 Å². The number of rotatable bonds is 7. The number of hydrogen-bond acceptors (Lipinski definition) is 3. The molecular weight excluding hydrogens is 285 g/mol. The van der Waals surface area contributed by atoms with Gasteiger partial charge >= 0.3 is 0 Å². The van der Waals surface area contributed by atoms with Gasteiger partial charge in [0.1, 0.15) is 10.8 Å². The molecule has 0 atom stereocenters. The van der Waals surface area contributed by atoms with E-state index in [4.69, 9.17) is 0 Å². The average Bonchev–Trinajstić information content (AvgIpc) is 2.53. The Kier molecular flexibility index (Phi) is 6.14. The first kappa shape index (κ1) is 15.9. The Morgan fingerprint density at radius 3 is 2.29 bits per heavy atom. The van der Waals surface area contributed by atoms with E-state index in [0.717, 1.165) is 41.7 Å². The topological polar surface area (TPSA) is 30.2 Å². The van der Waals surface area contributed by atoms with Crippen LogP contribution in [0.15, 0.2) is 41.4 Å². The van der Waals surface area contributed by atoms with E-state index in [9.17, 15) is 4.39 Å². The third kappa shape index (κ3) is 4.79. The molecule has 0 aliphatic rings. The summed E-state index contributed by atoms with van der Waals surface area (Å²) in [7, 11) is 0. The fourth-order valence-corrected chi connectivity index (χ4v) is 2.94. The number of thioether (sulfide) groups is 1. The van der Waals surface area contributed by atoms with Crippen molar-refractivity contribution in [3.8, 4) is 11.3 Å². The van der Waals surface area contributed by atoms with Gasteiger partial charge in [0.25, 0.3) is 0 Å². The van der Waals surface area contributed by atoms with E-state index in [1.807, 2.05) is 12.1 Å². The summed E-state index contributed by atoms with van der Waals surface area (Å²) in [4.78, 5) is 1.60. The minimum absolute atomic E-state index is 0.238. The van der Waals surface area contributed by atoms with Crippen LogP contribution >= 0.6 is 11.8 Å². The van der Waals surface area contributed by atoms with Crippen LogP contribution in [0.25, 0.3) is 11.3 Å². The van der Waals surface area contributed by atoms with Gasteiger partial charge in [-0.15, -0.1) is 10.2 Å². The first-order valence-corrected chi connectivity index (χ1v) is 8.27. The molecule has 1 aromatic carbocycles. The summed E-state index contributed by atoms with van der Waals surface area (Å²) >= 11 is 1.73. The summed E-state index contributed by atoms with van der Waals surface area (Å²) in [5, 5.41) is 9.39. The van der Waals surface area contributed by atoms with Gasteiger partial charge in [0.05, 0.1) is 25.3 Å². The predicted octanol–water partition coefficient (Wildman–Crippen LogP) is 2.30. The second-order valence-electron chi connectivity index (χ2n) is 4.82. The maximum atomic E-state index is 12.9. The first-order valence-electron chi connectivity index (χ1n) is 7.29. The number of nitrogens with one attached hydrogen (secondary N) is 1. The lowest BCUT2D eigenvalue weighted by atomic mass is 10.1. The van der Waals surface area contributed by atoms with E-state index in [1.54, 1.807) is 28.8 Å². The molecule has 0 unspecified atom stereocenters. The molecule has 3 nitrogen and oxygen atoms in total. The standard InChI is InChI=1S/C16H20FN3S/c1-3-20(4-2)11-12-21-16-10-9-15(18-19-16)13-5-7-14(17)8-6-13/h5-10H,3-4,11-12H2,1-2H3/p+1. The summed E-state index contributed by atoms with van der Waals surface area (Å²) < 4.78 is 12.9. The van der Waals surface area contributed by atoms with E-state index in [-0.39, 0.29) is 5.82 Å². The Morgan fingerprint density at radius 2 is 1.71 bits per heavy atom. The van der Waals surface area contributed by atoms with Crippen LogP contribution in [-0.2, 0) is 0 Å². The molecule has 0 saturated heterocycles. The summed E-state index contributed by atoms with van der Waals surface area (Å²) in [6.07, 6.45) is 0. The molecule has 0 aliphatic carbocycles. The number of benzene rings is 1. The number of quaternary nitrogens is 1. The molecule has 0 spiro atoms. The monoisotopic (exact) mass is 306 g/mol. The second kappa shape index (κ2) is 8.10. The van der Waals surface area contributed by atoms with Crippen molar-refractivity contribution >= 4 is 11.8 Å². The van der Waals surface area contributed by atoms with E-state index < -0.39 is 0 Å². The van der Waals surface area contributed by atoms with E-state index >= 15 is 0 Å². The molecule has 2 aromatic rings. The Balaban J connectivity index is 1.91. The van der Waals surface area contributed by atoms with Gasteiger partial charge in [-0.3, -0.25) is 0 Å². The van der Waals surface area contributed by atoms with Gasteiger partial charge in [0, 0.05) is 11.3 Å². The van der Waals surface area contributed by atoms with Crippen LogP contribution < -0.4 is 4.90 Å². The molecule has 0 fully saturated rings. The van der Waals surface area contributed by atoms with Crippen LogP contribution in [0.2, 0.25) is 0 Å². The van der Waals surface area contributed by atoms with Gasteiger partial charge in [-0.2, -0.15) is 0 Å². The maximum absolute atomic E-state index is 12.9. The van der Waals surface area contributed by atoms with Crippen molar-refractivity contribution in [1.82, 2.24) is 10.2 Å². The number of hydrogen-bond donors (Lipinski definition) is 1. The average molecular weight is 306 g/mol. The van der Waals surface area contributed by atoms with Gasteiger partial charge in [-0.25, -0.2) is 4.39 Å². The van der Waals surface area contributed by atoms with Crippen molar-refractivity contribution in [2.45, 2.75) is 18.9 Å². The fourth-order valence-electron chi connectivity index (χ4n) is 2.08. The van der Waals surface area contributed by atoms with Crippen molar-refractivity contribution in [3.05, 3.63) is 42.2 Å². The summed E-state index contributed by atoms with van der Waals surface area (Å²) in [5.74, 6) is 0.805. The minimum Gasteiger partial charge on any atom is -0.335 e. The highest BCUT2D eigenvalue weighted by molar-refractivity contribution is 7.99. The van der Waals surface area contributed by atoms with Crippen molar-refractivity contribution in [1.29, 1.82) is 0 Å². The Labute approximate surface area is 129 Å². The third-order valence-corrected chi connectivity index (χ3v) is 4.41. The molecule has 1 heterocycles. The van der Waals surface area contributed by atoms with Crippen LogP contribution in [0.4, 0.5) is 4.39 Å². The lowest BCUT2D eigenvalue weighted by molar-refractivity contribution is -0.893. The molecule has 5 heteroatoms. The highest BCUT2D eigenvalue weighted by Crippen LogP contribution is 2.19. The maximum Gasteiger partial charge on any atom is 0.123 e. The quantitative estimate of drug-likeness (QED) is 0.796. The summed E-state index contributed by atoms with van der Waals surface area (Å²) in [5.41, 5.74) is 1.65. The summed E-state index contributed by atoms with van der Waals surface area (Å²) in [6.45, 7) is 7.87. The van der Waals surface area contributed by atoms with Gasteiger partial charge in [-0.05, 0) is 50.2 Å². The molecule has 2 rings (SSSR count). The van der Waals surface area contributed by atoms with Crippen molar-refractivity contribution < 1.29 is 9.29 Å². The van der Waals surface area contributed by atoms with E-state index in [2.05, 4.69) is 24.0 Å². The van der Waals surface area contributed by atoms with E-state index in [1.165, 1.54) is 12.1 Å². The molecule has 0 bridgehead atoms. The normalized spacial score (nSPS) is 11.0. The van der Waals surface area contributed by atoms with Gasteiger partial charge in [-0.1, -0.05) is 11.8 Å². The molecule has 0 aliphatic heterocycles. The molecule has 0 saturated carbocycles. The SMILES string of the molecule is CC[NH+](CC)CCSc1ccc(-c2ccc(F)cc2)nn1. The smallest absolute Gasteiger partial charge is 0.123 e. The van der Waals surface area contributed by atoms with Crippen molar-refractivity contribution in [3.63, 3.8) is 0 Å². The Bertz CT molecular complexity index is 538. The second-order valence-corrected chi connectivity index (χ2v) is 5.93. The fraction of sp³-hybridized carbons (Fsp3) is 0.375. The number of nitrogens with zero attached hydrogens (tertiary/aromatic N) is 2. The zero-order valence-electron chi connectivity index (χ0n) is 12.5. The number of halogens is 1. The zero-order chi connectivity index (χ0) is 15.1. The van der Waals surface area contributed by atoms with Crippen molar-refractivity contribution in [2.75, 3.05) is 25.4 Å². The molecule has 112 valence electrons. The van der Waals surface area contributed by atoms with Crippen LogP contribution in [0, 0.1) is 5.82 Å². The third-order valence-electron chi connectivity index (χ3n) is 3.49. The largest absolute Gasteiger partial charge is 0.335 e. The van der Waals surface area contributed by atoms with Crippen LogP contribution in [0.1, 0.15) is 13.8 Å². The molecule has 0 radical (unpaired) electrons. The predicted molar refractivity (Wildman–Crippen MR) is 85.1 cm³/mol. The van der Waals surface area contributed by atoms with Gasteiger partial charge in [0.15, 0.2) is 0 Å². The molecular formula is C16H21FN3S+. The minimum atomic E-state index is -0.238. The van der Waals surface area contributed by atoms with E-state index in [0.29, 0.717) is 0 Å². The highest BCUT2D eigenvalue weighted by atomic mass is 32.2. The van der Waals surface area contributed by atoms with Crippen LogP contribution in [-0.4, -0.2) is 35.6 Å². The van der Waals surface area contributed by atoms with Gasteiger partial charge in [0.2, 0.25) is 0 Å². The molecule has 21 heavy (non-hydrogen) atoms. The Hall–Kier alpha value is -1.46. The van der Waals surface area contributed by atoms with Crippen LogP contribution in [0.5, 0.6) is 0 Å². The first-order chi connectivity index (χ1) is 10.2. The number of aromatic nitrogens is 2. The highest BCUT2D eigenvalue weighted by Gasteiger charge is 2.05. The zero-order valence-corrected chi connectivity index (χ0v) is 13.3.